The monoisotopic (exact) mass is 306 g/mol. The van der Waals surface area contributed by atoms with Gasteiger partial charge in [0.05, 0.1) is 30.5 Å². The van der Waals surface area contributed by atoms with Gasteiger partial charge >= 0.3 is 12.0 Å². The molecule has 7 nitrogen and oxygen atoms in total. The molecule has 0 radical (unpaired) electrons. The van der Waals surface area contributed by atoms with Crippen LogP contribution in [-0.2, 0) is 17.8 Å². The summed E-state index contributed by atoms with van der Waals surface area (Å²) in [5.74, 6) is -0.945. The fraction of sp³-hybridized carbons (Fsp3) is 0.231. The van der Waals surface area contributed by atoms with Gasteiger partial charge in [-0.25, -0.2) is 9.78 Å². The summed E-state index contributed by atoms with van der Waals surface area (Å²) in [6.07, 6.45) is 1.28. The first-order valence-electron chi connectivity index (χ1n) is 6.15. The molecule has 0 atom stereocenters. The maximum atomic E-state index is 11.7. The van der Waals surface area contributed by atoms with E-state index in [1.54, 1.807) is 12.1 Å². The zero-order chi connectivity index (χ0) is 15.2. The molecule has 0 aliphatic heterocycles. The predicted molar refractivity (Wildman–Crippen MR) is 78.3 cm³/mol. The number of carboxylic acid groups (broad SMARTS) is 1. The van der Waals surface area contributed by atoms with E-state index in [-0.39, 0.29) is 12.5 Å². The van der Waals surface area contributed by atoms with Gasteiger partial charge in [0.25, 0.3) is 0 Å². The van der Waals surface area contributed by atoms with Gasteiger partial charge in [0.15, 0.2) is 0 Å². The van der Waals surface area contributed by atoms with Crippen LogP contribution in [0.15, 0.2) is 23.7 Å². The Hall–Kier alpha value is -2.48. The zero-order valence-electron chi connectivity index (χ0n) is 11.3. The highest BCUT2D eigenvalue weighted by molar-refractivity contribution is 7.09. The Morgan fingerprint density at radius 3 is 2.76 bits per heavy atom. The van der Waals surface area contributed by atoms with Crippen LogP contribution in [0.5, 0.6) is 0 Å². The summed E-state index contributed by atoms with van der Waals surface area (Å²) in [6, 6.07) is 2.81. The van der Waals surface area contributed by atoms with Gasteiger partial charge in [0.2, 0.25) is 0 Å². The van der Waals surface area contributed by atoms with Crippen molar-refractivity contribution < 1.29 is 14.7 Å². The van der Waals surface area contributed by atoms with E-state index in [0.29, 0.717) is 17.9 Å². The van der Waals surface area contributed by atoms with E-state index in [1.807, 2.05) is 12.3 Å². The van der Waals surface area contributed by atoms with Crippen molar-refractivity contribution >= 4 is 29.0 Å². The van der Waals surface area contributed by atoms with Gasteiger partial charge in [0.1, 0.15) is 5.01 Å². The van der Waals surface area contributed by atoms with Gasteiger partial charge in [-0.05, 0) is 19.1 Å². The van der Waals surface area contributed by atoms with Gasteiger partial charge in [-0.2, -0.15) is 0 Å². The number of thiazole rings is 1. The van der Waals surface area contributed by atoms with E-state index in [0.717, 1.165) is 10.7 Å². The third kappa shape index (κ3) is 4.84. The number of rotatable bonds is 5. The van der Waals surface area contributed by atoms with E-state index >= 15 is 0 Å². The van der Waals surface area contributed by atoms with Gasteiger partial charge in [0, 0.05) is 11.1 Å². The fourth-order valence-corrected chi connectivity index (χ4v) is 2.28. The number of aromatic nitrogens is 2. The molecule has 110 valence electrons. The number of pyridine rings is 1. The SMILES string of the molecule is Cc1csc(CNC(=O)Nc2ccc(CC(=O)O)nc2)n1. The third-order valence-corrected chi connectivity index (χ3v) is 3.45. The summed E-state index contributed by atoms with van der Waals surface area (Å²) in [5.41, 5.74) is 1.86. The van der Waals surface area contributed by atoms with Gasteiger partial charge in [-0.15, -0.1) is 11.3 Å². The van der Waals surface area contributed by atoms with Crippen molar-refractivity contribution in [2.45, 2.75) is 19.9 Å². The topological polar surface area (TPSA) is 104 Å². The number of hydrogen-bond donors (Lipinski definition) is 3. The van der Waals surface area contributed by atoms with E-state index in [4.69, 9.17) is 5.11 Å². The molecule has 2 heterocycles. The highest BCUT2D eigenvalue weighted by Crippen LogP contribution is 2.09. The standard InChI is InChI=1S/C13H14N4O3S/c1-8-7-21-11(16-8)6-15-13(20)17-10-3-2-9(14-5-10)4-12(18)19/h2-3,5,7H,4,6H2,1H3,(H,18,19)(H2,15,17,20). The zero-order valence-corrected chi connectivity index (χ0v) is 12.1. The third-order valence-electron chi connectivity index (χ3n) is 2.48. The fourth-order valence-electron chi connectivity index (χ4n) is 1.57. The number of amides is 2. The van der Waals surface area contributed by atoms with Crippen molar-refractivity contribution in [3.05, 3.63) is 40.1 Å². The molecule has 0 fully saturated rings. The molecule has 2 aromatic heterocycles. The van der Waals surface area contributed by atoms with Crippen LogP contribution in [0.25, 0.3) is 0 Å². The van der Waals surface area contributed by atoms with E-state index in [9.17, 15) is 9.59 Å². The van der Waals surface area contributed by atoms with Gasteiger partial charge in [-0.1, -0.05) is 0 Å². The van der Waals surface area contributed by atoms with Crippen LogP contribution in [0.4, 0.5) is 10.5 Å². The number of hydrogen-bond acceptors (Lipinski definition) is 5. The molecule has 21 heavy (non-hydrogen) atoms. The quantitative estimate of drug-likeness (QED) is 0.781. The molecule has 2 amide bonds. The van der Waals surface area contributed by atoms with E-state index < -0.39 is 5.97 Å². The molecule has 0 aromatic carbocycles. The number of anilines is 1. The van der Waals surface area contributed by atoms with Gasteiger partial charge in [-0.3, -0.25) is 9.78 Å². The average molecular weight is 306 g/mol. The molecule has 0 aliphatic rings. The van der Waals surface area contributed by atoms with Crippen molar-refractivity contribution in [2.24, 2.45) is 0 Å². The molecule has 0 aliphatic carbocycles. The Morgan fingerprint density at radius 2 is 2.19 bits per heavy atom. The lowest BCUT2D eigenvalue weighted by Gasteiger charge is -2.06. The molecule has 8 heteroatoms. The van der Waals surface area contributed by atoms with Crippen LogP contribution >= 0.6 is 11.3 Å². The van der Waals surface area contributed by atoms with Crippen LogP contribution in [0, 0.1) is 6.92 Å². The highest BCUT2D eigenvalue weighted by Gasteiger charge is 2.05. The average Bonchev–Trinajstić information content (AvgIpc) is 2.84. The van der Waals surface area contributed by atoms with E-state index in [2.05, 4.69) is 20.6 Å². The molecule has 3 N–H and O–H groups in total. The van der Waals surface area contributed by atoms with Crippen molar-refractivity contribution in [1.29, 1.82) is 0 Å². The van der Waals surface area contributed by atoms with Crippen molar-refractivity contribution in [2.75, 3.05) is 5.32 Å². The molecular weight excluding hydrogens is 292 g/mol. The number of carboxylic acids is 1. The Bertz CT molecular complexity index is 639. The second-order valence-corrected chi connectivity index (χ2v) is 5.24. The number of carbonyl (C=O) groups is 2. The summed E-state index contributed by atoms with van der Waals surface area (Å²) in [6.45, 7) is 2.25. The molecule has 0 saturated carbocycles. The first kappa shape index (κ1) is 14.9. The van der Waals surface area contributed by atoms with Crippen LogP contribution in [-0.4, -0.2) is 27.1 Å². The van der Waals surface area contributed by atoms with Crippen LogP contribution < -0.4 is 10.6 Å². The number of carbonyl (C=O) groups excluding carboxylic acids is 1. The number of aryl methyl sites for hydroxylation is 1. The van der Waals surface area contributed by atoms with Crippen LogP contribution in [0.1, 0.15) is 16.4 Å². The summed E-state index contributed by atoms with van der Waals surface area (Å²) in [5, 5.41) is 16.7. The van der Waals surface area contributed by atoms with Gasteiger partial charge < -0.3 is 15.7 Å². The number of urea groups is 1. The Kier molecular flexibility index (Phi) is 4.83. The first-order chi connectivity index (χ1) is 10.0. The number of aliphatic carboxylic acids is 1. The Labute approximate surface area is 125 Å². The summed E-state index contributed by atoms with van der Waals surface area (Å²) in [4.78, 5) is 30.4. The molecule has 0 spiro atoms. The smallest absolute Gasteiger partial charge is 0.319 e. The second-order valence-electron chi connectivity index (χ2n) is 4.30. The largest absolute Gasteiger partial charge is 0.481 e. The minimum Gasteiger partial charge on any atom is -0.481 e. The van der Waals surface area contributed by atoms with E-state index in [1.165, 1.54) is 17.5 Å². The minimum absolute atomic E-state index is 0.143. The molecule has 2 aromatic rings. The molecule has 0 bridgehead atoms. The lowest BCUT2D eigenvalue weighted by molar-refractivity contribution is -0.136. The normalized spacial score (nSPS) is 10.1. The van der Waals surface area contributed by atoms with Crippen LogP contribution in [0.3, 0.4) is 0 Å². The molecular formula is C13H14N4O3S. The summed E-state index contributed by atoms with van der Waals surface area (Å²) >= 11 is 1.48. The summed E-state index contributed by atoms with van der Waals surface area (Å²) in [7, 11) is 0. The Balaban J connectivity index is 1.83. The van der Waals surface area contributed by atoms with Crippen molar-refractivity contribution in [3.63, 3.8) is 0 Å². The first-order valence-corrected chi connectivity index (χ1v) is 7.03. The molecule has 0 unspecified atom stereocenters. The maximum absolute atomic E-state index is 11.7. The summed E-state index contributed by atoms with van der Waals surface area (Å²) < 4.78 is 0. The highest BCUT2D eigenvalue weighted by atomic mass is 32.1. The second kappa shape index (κ2) is 6.80. The lowest BCUT2D eigenvalue weighted by atomic mass is 10.2. The lowest BCUT2D eigenvalue weighted by Crippen LogP contribution is -2.28. The maximum Gasteiger partial charge on any atom is 0.319 e. The minimum atomic E-state index is -0.945. The predicted octanol–water partition coefficient (Wildman–Crippen LogP) is 1.80. The Morgan fingerprint density at radius 1 is 1.38 bits per heavy atom. The van der Waals surface area contributed by atoms with Crippen molar-refractivity contribution in [1.82, 2.24) is 15.3 Å². The molecule has 2 rings (SSSR count). The number of nitrogens with zero attached hydrogens (tertiary/aromatic N) is 2. The molecule has 0 saturated heterocycles. The number of nitrogens with one attached hydrogen (secondary N) is 2. The van der Waals surface area contributed by atoms with Crippen LogP contribution in [0.2, 0.25) is 0 Å². The van der Waals surface area contributed by atoms with Crippen molar-refractivity contribution in [3.8, 4) is 0 Å².